The molecule has 2 heteroatoms. The first kappa shape index (κ1) is 11.2. The van der Waals surface area contributed by atoms with Gasteiger partial charge in [-0.05, 0) is 18.6 Å². The van der Waals surface area contributed by atoms with Gasteiger partial charge >= 0.3 is 5.97 Å². The van der Waals surface area contributed by atoms with Gasteiger partial charge in [0.15, 0.2) is 0 Å². The van der Waals surface area contributed by atoms with Crippen molar-refractivity contribution in [1.82, 2.24) is 0 Å². The van der Waals surface area contributed by atoms with Gasteiger partial charge in [-0.1, -0.05) is 43.0 Å². The smallest absolute Gasteiger partial charge is 0.337 e. The largest absolute Gasteiger partial charge is 0.462 e. The van der Waals surface area contributed by atoms with Crippen molar-refractivity contribution in [2.24, 2.45) is 0 Å². The number of carbonyl (C=O) groups excluding carboxylic acids is 1. The van der Waals surface area contributed by atoms with Crippen LogP contribution in [-0.4, -0.2) is 12.6 Å². The van der Waals surface area contributed by atoms with E-state index in [0.717, 1.165) is 5.56 Å². The van der Waals surface area contributed by atoms with E-state index in [2.05, 4.69) is 6.58 Å². The van der Waals surface area contributed by atoms with Crippen LogP contribution in [0.5, 0.6) is 0 Å². The second kappa shape index (κ2) is 5.81. The van der Waals surface area contributed by atoms with Crippen LogP contribution in [0.2, 0.25) is 0 Å². The van der Waals surface area contributed by atoms with Gasteiger partial charge in [-0.25, -0.2) is 4.79 Å². The Morgan fingerprint density at radius 2 is 2.07 bits per heavy atom. The summed E-state index contributed by atoms with van der Waals surface area (Å²) in [5.41, 5.74) is 1.39. The summed E-state index contributed by atoms with van der Waals surface area (Å²) in [7, 11) is 0. The van der Waals surface area contributed by atoms with Crippen molar-refractivity contribution in [3.05, 3.63) is 54.1 Å². The Labute approximate surface area is 89.9 Å². The average Bonchev–Trinajstić information content (AvgIpc) is 2.27. The first-order valence-corrected chi connectivity index (χ1v) is 4.83. The highest BCUT2D eigenvalue weighted by molar-refractivity contribution is 5.92. The lowest BCUT2D eigenvalue weighted by Gasteiger charge is -1.99. The average molecular weight is 202 g/mol. The molecule has 0 fully saturated rings. The minimum atomic E-state index is -0.371. The Bertz CT molecular complexity index is 363. The van der Waals surface area contributed by atoms with Gasteiger partial charge in [0.1, 0.15) is 0 Å². The fourth-order valence-electron chi connectivity index (χ4n) is 1.05. The second-order valence-electron chi connectivity index (χ2n) is 2.99. The maximum absolute atomic E-state index is 11.2. The highest BCUT2D eigenvalue weighted by Crippen LogP contribution is 2.04. The number of esters is 1. The Hall–Kier alpha value is -1.83. The lowest BCUT2D eigenvalue weighted by atomic mass is 10.2. The van der Waals surface area contributed by atoms with Crippen molar-refractivity contribution in [2.75, 3.05) is 6.61 Å². The predicted octanol–water partition coefficient (Wildman–Crippen LogP) is 2.82. The van der Waals surface area contributed by atoms with Gasteiger partial charge in [-0.2, -0.15) is 0 Å². The zero-order valence-electron chi connectivity index (χ0n) is 8.77. The molecule has 0 unspecified atom stereocenters. The first-order valence-electron chi connectivity index (χ1n) is 4.83. The molecule has 0 spiro atoms. The van der Waals surface area contributed by atoms with E-state index in [1.165, 1.54) is 0 Å². The molecule has 0 aliphatic heterocycles. The summed E-state index contributed by atoms with van der Waals surface area (Å²) in [4.78, 5) is 11.2. The Morgan fingerprint density at radius 1 is 1.40 bits per heavy atom. The molecular weight excluding hydrogens is 188 g/mol. The molecule has 0 atom stereocenters. The van der Waals surface area contributed by atoms with E-state index < -0.39 is 0 Å². The maximum Gasteiger partial charge on any atom is 0.337 e. The van der Waals surface area contributed by atoms with Crippen LogP contribution >= 0.6 is 0 Å². The summed E-state index contributed by atoms with van der Waals surface area (Å²) in [6, 6.07) is 9.72. The van der Waals surface area contributed by atoms with E-state index >= 15 is 0 Å². The monoisotopic (exact) mass is 202 g/mol. The van der Waals surface area contributed by atoms with Crippen molar-refractivity contribution >= 4 is 12.0 Å². The Balaban J connectivity index is 2.59. The molecule has 0 bridgehead atoms. The van der Waals surface area contributed by atoms with E-state index in [1.54, 1.807) is 13.0 Å². The highest BCUT2D eigenvalue weighted by Gasteiger charge is 2.02. The number of hydrogen-bond donors (Lipinski definition) is 0. The van der Waals surface area contributed by atoms with E-state index in [4.69, 9.17) is 4.74 Å². The molecule has 1 rings (SSSR count). The standard InChI is InChI=1S/C13H14O2/c1-3-15-13(14)11(2)9-10-12-7-5-4-6-8-12/h4-10H,2-3H2,1H3. The molecular formula is C13H14O2. The number of hydrogen-bond acceptors (Lipinski definition) is 2. The normalized spacial score (nSPS) is 10.2. The molecule has 0 radical (unpaired) electrons. The lowest BCUT2D eigenvalue weighted by Crippen LogP contribution is -2.04. The van der Waals surface area contributed by atoms with Crippen molar-refractivity contribution in [3.63, 3.8) is 0 Å². The third-order valence-corrected chi connectivity index (χ3v) is 1.81. The summed E-state index contributed by atoms with van der Waals surface area (Å²) < 4.78 is 4.80. The molecule has 0 saturated heterocycles. The molecule has 0 aromatic heterocycles. The van der Waals surface area contributed by atoms with Gasteiger partial charge < -0.3 is 4.74 Å². The van der Waals surface area contributed by atoms with Crippen LogP contribution in [0, 0.1) is 0 Å². The number of ether oxygens (including phenoxy) is 1. The van der Waals surface area contributed by atoms with Crippen molar-refractivity contribution < 1.29 is 9.53 Å². The van der Waals surface area contributed by atoms with Gasteiger partial charge in [0, 0.05) is 0 Å². The van der Waals surface area contributed by atoms with E-state index in [0.29, 0.717) is 12.2 Å². The first-order chi connectivity index (χ1) is 7.24. The van der Waals surface area contributed by atoms with E-state index in [9.17, 15) is 4.79 Å². The zero-order valence-corrected chi connectivity index (χ0v) is 8.77. The summed E-state index contributed by atoms with van der Waals surface area (Å²) in [6.45, 7) is 5.77. The van der Waals surface area contributed by atoms with Crippen LogP contribution in [0.1, 0.15) is 12.5 Å². The minimum absolute atomic E-state index is 0.362. The molecule has 1 aromatic carbocycles. The predicted molar refractivity (Wildman–Crippen MR) is 61.2 cm³/mol. The van der Waals surface area contributed by atoms with Crippen molar-refractivity contribution in [2.45, 2.75) is 6.92 Å². The van der Waals surface area contributed by atoms with Gasteiger partial charge in [0.05, 0.1) is 12.2 Å². The van der Waals surface area contributed by atoms with Crippen LogP contribution < -0.4 is 0 Å². The Kier molecular flexibility index (Phi) is 4.35. The molecule has 15 heavy (non-hydrogen) atoms. The second-order valence-corrected chi connectivity index (χ2v) is 2.99. The van der Waals surface area contributed by atoms with Crippen LogP contribution in [0.25, 0.3) is 6.08 Å². The number of rotatable bonds is 4. The summed E-state index contributed by atoms with van der Waals surface area (Å²) in [5, 5.41) is 0. The van der Waals surface area contributed by atoms with Gasteiger partial charge in [-0.3, -0.25) is 0 Å². The van der Waals surface area contributed by atoms with Gasteiger partial charge in [-0.15, -0.1) is 0 Å². The topological polar surface area (TPSA) is 26.3 Å². The molecule has 0 amide bonds. The third-order valence-electron chi connectivity index (χ3n) is 1.81. The lowest BCUT2D eigenvalue weighted by molar-refractivity contribution is -0.138. The van der Waals surface area contributed by atoms with Gasteiger partial charge in [0.2, 0.25) is 0 Å². The minimum Gasteiger partial charge on any atom is -0.462 e. The van der Waals surface area contributed by atoms with Crippen LogP contribution in [-0.2, 0) is 9.53 Å². The van der Waals surface area contributed by atoms with Crippen LogP contribution in [0.3, 0.4) is 0 Å². The molecule has 0 aliphatic rings. The summed E-state index contributed by atoms with van der Waals surface area (Å²) in [6.07, 6.45) is 3.49. The molecule has 0 saturated carbocycles. The number of benzene rings is 1. The molecule has 78 valence electrons. The fraction of sp³-hybridized carbons (Fsp3) is 0.154. The quantitative estimate of drug-likeness (QED) is 0.426. The molecule has 0 N–H and O–H groups in total. The third kappa shape index (κ3) is 3.81. The highest BCUT2D eigenvalue weighted by atomic mass is 16.5. The fourth-order valence-corrected chi connectivity index (χ4v) is 1.05. The molecule has 1 aromatic rings. The molecule has 0 aliphatic carbocycles. The van der Waals surface area contributed by atoms with Crippen LogP contribution in [0.4, 0.5) is 0 Å². The molecule has 0 heterocycles. The summed E-state index contributed by atoms with van der Waals surface area (Å²) >= 11 is 0. The van der Waals surface area contributed by atoms with E-state index in [-0.39, 0.29) is 5.97 Å². The van der Waals surface area contributed by atoms with E-state index in [1.807, 2.05) is 36.4 Å². The Morgan fingerprint density at radius 3 is 2.67 bits per heavy atom. The van der Waals surface area contributed by atoms with Gasteiger partial charge in [0.25, 0.3) is 0 Å². The SMILES string of the molecule is C=C(C=Cc1ccccc1)C(=O)OCC. The number of carbonyl (C=O) groups is 1. The summed E-state index contributed by atoms with van der Waals surface area (Å²) in [5.74, 6) is -0.371. The van der Waals surface area contributed by atoms with Crippen molar-refractivity contribution in [1.29, 1.82) is 0 Å². The van der Waals surface area contributed by atoms with Crippen molar-refractivity contribution in [3.8, 4) is 0 Å². The zero-order chi connectivity index (χ0) is 11.1. The maximum atomic E-state index is 11.2. The van der Waals surface area contributed by atoms with Crippen LogP contribution in [0.15, 0.2) is 48.6 Å². The molecule has 2 nitrogen and oxygen atoms in total.